The third-order valence-corrected chi connectivity index (χ3v) is 5.71. The monoisotopic (exact) mass is 349 g/mol. The van der Waals surface area contributed by atoms with E-state index in [-0.39, 0.29) is 17.0 Å². The first-order valence-corrected chi connectivity index (χ1v) is 9.30. The van der Waals surface area contributed by atoms with Gasteiger partial charge in [0.15, 0.2) is 0 Å². The number of benzene rings is 1. The molecule has 2 aromatic rings. The summed E-state index contributed by atoms with van der Waals surface area (Å²) in [6.07, 6.45) is 8.23. The Labute approximate surface area is 140 Å². The third kappa shape index (κ3) is 3.49. The fraction of sp³-hybridized carbons (Fsp3) is 0.375. The molecule has 2 N–H and O–H groups in total. The van der Waals surface area contributed by atoms with Crippen LogP contribution in [0.4, 0.5) is 0 Å². The van der Waals surface area contributed by atoms with E-state index >= 15 is 0 Å². The molecule has 0 bridgehead atoms. The van der Waals surface area contributed by atoms with E-state index in [2.05, 4.69) is 9.71 Å². The first-order chi connectivity index (χ1) is 11.5. The molecule has 0 saturated carbocycles. The van der Waals surface area contributed by atoms with E-state index in [9.17, 15) is 18.3 Å². The van der Waals surface area contributed by atoms with Gasteiger partial charge >= 0.3 is 5.97 Å². The highest BCUT2D eigenvalue weighted by Gasteiger charge is 2.24. The lowest BCUT2D eigenvalue weighted by molar-refractivity contribution is 0.0696. The molecule has 1 aliphatic rings. The average molecular weight is 349 g/mol. The summed E-state index contributed by atoms with van der Waals surface area (Å²) in [6.45, 7) is 0.671. The molecule has 0 atom stereocenters. The first-order valence-electron chi connectivity index (χ1n) is 7.82. The van der Waals surface area contributed by atoms with E-state index < -0.39 is 16.0 Å². The highest BCUT2D eigenvalue weighted by Crippen LogP contribution is 2.29. The Balaban J connectivity index is 1.88. The van der Waals surface area contributed by atoms with Gasteiger partial charge in [0.05, 0.1) is 16.8 Å². The number of carboxylic acid groups (broad SMARTS) is 1. The Kier molecular flexibility index (Phi) is 4.68. The second kappa shape index (κ2) is 6.74. The molecule has 1 aliphatic carbocycles. The van der Waals surface area contributed by atoms with Crippen molar-refractivity contribution in [1.29, 1.82) is 0 Å². The van der Waals surface area contributed by atoms with Crippen molar-refractivity contribution in [1.82, 2.24) is 14.3 Å². The number of aromatic carboxylic acids is 1. The Morgan fingerprint density at radius 1 is 1.29 bits per heavy atom. The molecule has 0 fully saturated rings. The number of fused-ring (bicyclic) bond motifs is 1. The zero-order valence-electron chi connectivity index (χ0n) is 13.1. The van der Waals surface area contributed by atoms with E-state index in [1.807, 2.05) is 0 Å². The predicted octanol–water partition coefficient (Wildman–Crippen LogP) is 1.44. The smallest absolute Gasteiger partial charge is 0.335 e. The molecule has 0 saturated heterocycles. The number of sulfonamides is 1. The number of aromatic nitrogens is 2. The van der Waals surface area contributed by atoms with Gasteiger partial charge in [-0.2, -0.15) is 0 Å². The van der Waals surface area contributed by atoms with Gasteiger partial charge in [-0.3, -0.25) is 0 Å². The van der Waals surface area contributed by atoms with Crippen LogP contribution in [0.1, 0.15) is 34.3 Å². The van der Waals surface area contributed by atoms with Crippen molar-refractivity contribution in [2.45, 2.75) is 37.1 Å². The van der Waals surface area contributed by atoms with Gasteiger partial charge < -0.3 is 9.67 Å². The van der Waals surface area contributed by atoms with E-state index in [0.29, 0.717) is 19.4 Å². The second-order valence-corrected chi connectivity index (χ2v) is 7.56. The van der Waals surface area contributed by atoms with Gasteiger partial charge in [0, 0.05) is 25.5 Å². The topological polar surface area (TPSA) is 101 Å². The minimum Gasteiger partial charge on any atom is -0.478 e. The van der Waals surface area contributed by atoms with Gasteiger partial charge in [0.1, 0.15) is 0 Å². The number of imidazole rings is 1. The zero-order chi connectivity index (χ0) is 17.2. The normalized spacial score (nSPS) is 14.3. The summed E-state index contributed by atoms with van der Waals surface area (Å²) < 4.78 is 29.7. The Hall–Kier alpha value is -2.19. The molecule has 0 aliphatic heterocycles. The Bertz CT molecular complexity index is 844. The fourth-order valence-corrected chi connectivity index (χ4v) is 4.35. The quantitative estimate of drug-likeness (QED) is 0.822. The lowest BCUT2D eigenvalue weighted by Crippen LogP contribution is -2.29. The molecule has 0 spiro atoms. The van der Waals surface area contributed by atoms with E-state index in [1.165, 1.54) is 6.07 Å². The molecule has 1 aromatic heterocycles. The largest absolute Gasteiger partial charge is 0.478 e. The van der Waals surface area contributed by atoms with Crippen molar-refractivity contribution in [2.75, 3.05) is 6.54 Å². The Morgan fingerprint density at radius 2 is 2.08 bits per heavy atom. The molecule has 1 aromatic carbocycles. The highest BCUT2D eigenvalue weighted by molar-refractivity contribution is 7.89. The maximum Gasteiger partial charge on any atom is 0.335 e. The van der Waals surface area contributed by atoms with E-state index in [0.717, 1.165) is 24.0 Å². The van der Waals surface area contributed by atoms with Crippen molar-refractivity contribution < 1.29 is 18.3 Å². The number of hydrogen-bond acceptors (Lipinski definition) is 4. The summed E-state index contributed by atoms with van der Waals surface area (Å²) in [5, 5.41) is 9.25. The van der Waals surface area contributed by atoms with Crippen LogP contribution in [-0.4, -0.2) is 35.6 Å². The minimum absolute atomic E-state index is 0.0191. The molecular formula is C16H19N3O4S. The van der Waals surface area contributed by atoms with E-state index in [1.54, 1.807) is 29.4 Å². The second-order valence-electron chi connectivity index (χ2n) is 5.82. The van der Waals surface area contributed by atoms with Gasteiger partial charge in [-0.05, 0) is 48.9 Å². The number of nitrogens with one attached hydrogen (secondary N) is 1. The van der Waals surface area contributed by atoms with Gasteiger partial charge in [-0.15, -0.1) is 0 Å². The van der Waals surface area contributed by atoms with E-state index in [4.69, 9.17) is 0 Å². The highest BCUT2D eigenvalue weighted by atomic mass is 32.2. The van der Waals surface area contributed by atoms with Crippen LogP contribution in [0.15, 0.2) is 35.7 Å². The molecule has 3 rings (SSSR count). The summed E-state index contributed by atoms with van der Waals surface area (Å²) in [7, 11) is -3.76. The maximum absolute atomic E-state index is 12.7. The molecule has 7 nitrogen and oxygen atoms in total. The summed E-state index contributed by atoms with van der Waals surface area (Å²) in [6, 6.07) is 2.87. The van der Waals surface area contributed by atoms with Crippen LogP contribution < -0.4 is 4.72 Å². The molecule has 1 heterocycles. The number of nitrogens with zero attached hydrogens (tertiary/aromatic N) is 2. The number of rotatable bonds is 6. The van der Waals surface area contributed by atoms with Crippen LogP contribution in [-0.2, 0) is 29.4 Å². The number of hydrogen-bond donors (Lipinski definition) is 2. The van der Waals surface area contributed by atoms with Crippen molar-refractivity contribution in [3.8, 4) is 0 Å². The number of aryl methyl sites for hydroxylation is 1. The van der Waals surface area contributed by atoms with Gasteiger partial charge in [-0.25, -0.2) is 22.9 Å². The molecule has 0 unspecified atom stereocenters. The van der Waals surface area contributed by atoms with Gasteiger partial charge in [-0.1, -0.05) is 0 Å². The zero-order valence-corrected chi connectivity index (χ0v) is 13.9. The number of carbonyl (C=O) groups is 1. The third-order valence-electron chi connectivity index (χ3n) is 4.18. The van der Waals surface area contributed by atoms with Crippen LogP contribution in [0.25, 0.3) is 0 Å². The predicted molar refractivity (Wildman–Crippen MR) is 87.5 cm³/mol. The van der Waals surface area contributed by atoms with Crippen LogP contribution in [0.5, 0.6) is 0 Å². The molecule has 128 valence electrons. The molecule has 0 radical (unpaired) electrons. The van der Waals surface area contributed by atoms with Crippen molar-refractivity contribution >= 4 is 16.0 Å². The van der Waals surface area contributed by atoms with Crippen LogP contribution in [0.3, 0.4) is 0 Å². The lowest BCUT2D eigenvalue weighted by Gasteiger charge is -2.20. The molecule has 0 amide bonds. The van der Waals surface area contributed by atoms with Crippen molar-refractivity contribution in [3.63, 3.8) is 0 Å². The fourth-order valence-electron chi connectivity index (χ4n) is 3.00. The van der Waals surface area contributed by atoms with Crippen LogP contribution >= 0.6 is 0 Å². The van der Waals surface area contributed by atoms with Crippen molar-refractivity contribution in [3.05, 3.63) is 47.5 Å². The van der Waals surface area contributed by atoms with Gasteiger partial charge in [0.2, 0.25) is 10.0 Å². The van der Waals surface area contributed by atoms with Crippen LogP contribution in [0, 0.1) is 0 Å². The van der Waals surface area contributed by atoms with Gasteiger partial charge in [0.25, 0.3) is 0 Å². The summed E-state index contributed by atoms with van der Waals surface area (Å²) in [5.41, 5.74) is 1.60. The standard InChI is InChI=1S/C16H19N3O4S/c20-16(21)13-9-12-3-1-2-4-14(12)15(10-13)24(22,23)18-6-8-19-7-5-17-11-19/h5,7,9-11,18H,1-4,6,8H2,(H,20,21). The number of carboxylic acids is 1. The first kappa shape index (κ1) is 16.7. The summed E-state index contributed by atoms with van der Waals surface area (Å²) in [5.74, 6) is -1.11. The SMILES string of the molecule is O=C(O)c1cc2c(c(S(=O)(=O)NCCn3ccnc3)c1)CCCC2. The average Bonchev–Trinajstić information content (AvgIpc) is 3.07. The van der Waals surface area contributed by atoms with Crippen molar-refractivity contribution in [2.24, 2.45) is 0 Å². The summed E-state index contributed by atoms with van der Waals surface area (Å²) >= 11 is 0. The molecule has 24 heavy (non-hydrogen) atoms. The molecular weight excluding hydrogens is 330 g/mol. The maximum atomic E-state index is 12.7. The molecule has 8 heteroatoms. The van der Waals surface area contributed by atoms with Crippen LogP contribution in [0.2, 0.25) is 0 Å². The lowest BCUT2D eigenvalue weighted by atomic mass is 9.90. The Morgan fingerprint density at radius 3 is 2.79 bits per heavy atom. The minimum atomic E-state index is -3.76. The summed E-state index contributed by atoms with van der Waals surface area (Å²) in [4.78, 5) is 15.3.